The Kier molecular flexibility index (Phi) is 7.47. The second kappa shape index (κ2) is 9.59. The van der Waals surface area contributed by atoms with Gasteiger partial charge in [-0.2, -0.15) is 0 Å². The lowest BCUT2D eigenvalue weighted by molar-refractivity contribution is 0.165. The molecule has 1 aliphatic heterocycles. The number of rotatable bonds is 4. The molecule has 1 atom stereocenters. The number of hydrogen-bond donors (Lipinski definition) is 1. The maximum absolute atomic E-state index is 13.6. The number of ether oxygens (including phenoxy) is 2. The summed E-state index contributed by atoms with van der Waals surface area (Å²) in [6, 6.07) is 6.25. The third-order valence-electron chi connectivity index (χ3n) is 3.62. The highest BCUT2D eigenvalue weighted by molar-refractivity contribution is 6.33. The van der Waals surface area contributed by atoms with Gasteiger partial charge in [-0.3, -0.25) is 0 Å². The van der Waals surface area contributed by atoms with Crippen LogP contribution < -0.4 is 10.5 Å². The van der Waals surface area contributed by atoms with Crippen LogP contribution in [-0.2, 0) is 4.74 Å². The normalized spacial score (nSPS) is 16.2. The molecule has 136 valence electrons. The molecule has 3 rings (SSSR count). The number of hydrogen-bond acceptors (Lipinski definition) is 4. The Hall–Kier alpha value is -1.85. The highest BCUT2D eigenvalue weighted by atomic mass is 35.5. The maximum atomic E-state index is 13.6. The fourth-order valence-electron chi connectivity index (χ4n) is 2.33. The second-order valence-electron chi connectivity index (χ2n) is 5.99. The molecular formula is C19H24ClFN2O2. The van der Waals surface area contributed by atoms with Gasteiger partial charge in [-0.05, 0) is 24.6 Å². The van der Waals surface area contributed by atoms with E-state index in [4.69, 9.17) is 26.8 Å². The van der Waals surface area contributed by atoms with Gasteiger partial charge in [0.1, 0.15) is 5.82 Å². The minimum atomic E-state index is -0.499. The van der Waals surface area contributed by atoms with E-state index in [1.165, 1.54) is 18.6 Å². The average molecular weight is 367 g/mol. The fourth-order valence-corrected chi connectivity index (χ4v) is 2.61. The summed E-state index contributed by atoms with van der Waals surface area (Å²) in [5, 5.41) is 0.387. The molecule has 0 amide bonds. The van der Waals surface area contributed by atoms with E-state index in [1.54, 1.807) is 18.3 Å². The van der Waals surface area contributed by atoms with Crippen molar-refractivity contribution in [2.24, 2.45) is 5.92 Å². The average Bonchev–Trinajstić information content (AvgIpc) is 3.11. The predicted molar refractivity (Wildman–Crippen MR) is 99.4 cm³/mol. The molecule has 2 N–H and O–H groups in total. The number of anilines is 1. The SMILES string of the molecule is CCC.Nc1cc(Cl)c(-c2ccc(OCC3CCOC3)nc2)cc1F. The van der Waals surface area contributed by atoms with Crippen molar-refractivity contribution >= 4 is 17.3 Å². The van der Waals surface area contributed by atoms with Crippen LogP contribution in [0, 0.1) is 11.7 Å². The Morgan fingerprint density at radius 1 is 1.36 bits per heavy atom. The summed E-state index contributed by atoms with van der Waals surface area (Å²) < 4.78 is 24.5. The predicted octanol–water partition coefficient (Wildman–Crippen LogP) is 4.95. The van der Waals surface area contributed by atoms with Crippen molar-refractivity contribution < 1.29 is 13.9 Å². The van der Waals surface area contributed by atoms with Gasteiger partial charge in [-0.1, -0.05) is 31.9 Å². The summed E-state index contributed by atoms with van der Waals surface area (Å²) in [4.78, 5) is 4.23. The zero-order valence-corrected chi connectivity index (χ0v) is 15.4. The molecule has 1 aromatic heterocycles. The van der Waals surface area contributed by atoms with Gasteiger partial charge in [0.25, 0.3) is 0 Å². The van der Waals surface area contributed by atoms with Gasteiger partial charge in [0, 0.05) is 35.9 Å². The molecule has 1 aliphatic rings. The Labute approximate surface area is 153 Å². The third-order valence-corrected chi connectivity index (χ3v) is 3.94. The molecule has 1 unspecified atom stereocenters. The quantitative estimate of drug-likeness (QED) is 0.777. The molecule has 1 fully saturated rings. The minimum absolute atomic E-state index is 0.0282. The van der Waals surface area contributed by atoms with Gasteiger partial charge < -0.3 is 15.2 Å². The summed E-state index contributed by atoms with van der Waals surface area (Å²) in [5.41, 5.74) is 6.78. The smallest absolute Gasteiger partial charge is 0.213 e. The standard InChI is InChI=1S/C16H16ClFN2O2.C3H8/c17-13-6-15(19)14(18)5-12(13)11-1-2-16(20-7-11)22-9-10-3-4-21-8-10;1-3-2/h1-2,5-7,10H,3-4,8-9,19H2;3H2,1-2H3. The topological polar surface area (TPSA) is 57.4 Å². The first-order valence-corrected chi connectivity index (χ1v) is 8.84. The van der Waals surface area contributed by atoms with Crippen LogP contribution >= 0.6 is 11.6 Å². The molecule has 6 heteroatoms. The minimum Gasteiger partial charge on any atom is -0.477 e. The Bertz CT molecular complexity index is 674. The zero-order chi connectivity index (χ0) is 18.2. The van der Waals surface area contributed by atoms with Gasteiger partial charge in [-0.15, -0.1) is 0 Å². The van der Waals surface area contributed by atoms with Gasteiger partial charge in [-0.25, -0.2) is 9.37 Å². The number of aromatic nitrogens is 1. The Balaban J connectivity index is 0.000000701. The molecule has 0 aliphatic carbocycles. The van der Waals surface area contributed by atoms with Crippen molar-refractivity contribution in [1.82, 2.24) is 4.98 Å². The Morgan fingerprint density at radius 3 is 2.72 bits per heavy atom. The van der Waals surface area contributed by atoms with E-state index < -0.39 is 5.82 Å². The molecule has 0 saturated carbocycles. The lowest BCUT2D eigenvalue weighted by atomic mass is 10.1. The first-order valence-electron chi connectivity index (χ1n) is 8.46. The van der Waals surface area contributed by atoms with Crippen LogP contribution in [0.1, 0.15) is 26.7 Å². The van der Waals surface area contributed by atoms with Crippen LogP contribution in [0.25, 0.3) is 11.1 Å². The fraction of sp³-hybridized carbons (Fsp3) is 0.421. The summed E-state index contributed by atoms with van der Waals surface area (Å²) in [5.74, 6) is 0.450. The molecule has 2 aromatic rings. The molecule has 2 heterocycles. The van der Waals surface area contributed by atoms with E-state index in [2.05, 4.69) is 18.8 Å². The summed E-state index contributed by atoms with van der Waals surface area (Å²) in [6.45, 7) is 6.36. The largest absolute Gasteiger partial charge is 0.477 e. The van der Waals surface area contributed by atoms with Crippen LogP contribution in [0.15, 0.2) is 30.5 Å². The van der Waals surface area contributed by atoms with Crippen LogP contribution in [0.2, 0.25) is 5.02 Å². The van der Waals surface area contributed by atoms with Crippen LogP contribution in [0.5, 0.6) is 5.88 Å². The summed E-state index contributed by atoms with van der Waals surface area (Å²) in [6.07, 6.45) is 3.87. The number of benzene rings is 1. The highest BCUT2D eigenvalue weighted by Crippen LogP contribution is 2.31. The van der Waals surface area contributed by atoms with Crippen molar-refractivity contribution in [1.29, 1.82) is 0 Å². The van der Waals surface area contributed by atoms with Gasteiger partial charge in [0.15, 0.2) is 0 Å². The van der Waals surface area contributed by atoms with Gasteiger partial charge in [0.05, 0.1) is 23.9 Å². The van der Waals surface area contributed by atoms with Crippen molar-refractivity contribution in [3.8, 4) is 17.0 Å². The van der Waals surface area contributed by atoms with Crippen molar-refractivity contribution in [2.45, 2.75) is 26.7 Å². The number of nitrogen functional groups attached to an aromatic ring is 1. The van der Waals surface area contributed by atoms with E-state index in [-0.39, 0.29) is 5.69 Å². The van der Waals surface area contributed by atoms with Crippen LogP contribution in [-0.4, -0.2) is 24.8 Å². The molecule has 4 nitrogen and oxygen atoms in total. The molecule has 0 spiro atoms. The highest BCUT2D eigenvalue weighted by Gasteiger charge is 2.16. The first-order chi connectivity index (χ1) is 12.0. The number of nitrogens with two attached hydrogens (primary N) is 1. The second-order valence-corrected chi connectivity index (χ2v) is 6.39. The van der Waals surface area contributed by atoms with Crippen LogP contribution in [0.4, 0.5) is 10.1 Å². The maximum Gasteiger partial charge on any atom is 0.213 e. The molecule has 1 aromatic carbocycles. The molecular weight excluding hydrogens is 343 g/mol. The van der Waals surface area contributed by atoms with E-state index in [0.29, 0.717) is 34.6 Å². The van der Waals surface area contributed by atoms with Crippen molar-refractivity contribution in [3.63, 3.8) is 0 Å². The number of pyridine rings is 1. The lowest BCUT2D eigenvalue weighted by Gasteiger charge is -2.10. The third kappa shape index (κ3) is 5.58. The summed E-state index contributed by atoms with van der Waals surface area (Å²) >= 11 is 6.10. The van der Waals surface area contributed by atoms with Crippen molar-refractivity contribution in [2.75, 3.05) is 25.6 Å². The molecule has 0 bridgehead atoms. The van der Waals surface area contributed by atoms with Gasteiger partial charge in [0.2, 0.25) is 5.88 Å². The molecule has 0 radical (unpaired) electrons. The van der Waals surface area contributed by atoms with E-state index in [0.717, 1.165) is 19.6 Å². The van der Waals surface area contributed by atoms with Gasteiger partial charge >= 0.3 is 0 Å². The van der Waals surface area contributed by atoms with Crippen molar-refractivity contribution in [3.05, 3.63) is 41.3 Å². The lowest BCUT2D eigenvalue weighted by Crippen LogP contribution is -2.12. The van der Waals surface area contributed by atoms with E-state index in [9.17, 15) is 4.39 Å². The monoisotopic (exact) mass is 366 g/mol. The molecule has 1 saturated heterocycles. The number of nitrogens with zero attached hydrogens (tertiary/aromatic N) is 1. The zero-order valence-electron chi connectivity index (χ0n) is 14.6. The van der Waals surface area contributed by atoms with Crippen LogP contribution in [0.3, 0.4) is 0 Å². The Morgan fingerprint density at radius 2 is 2.12 bits per heavy atom. The first kappa shape index (κ1) is 19.5. The number of halogens is 2. The van der Waals surface area contributed by atoms with E-state index >= 15 is 0 Å². The molecule has 25 heavy (non-hydrogen) atoms. The van der Waals surface area contributed by atoms with E-state index in [1.807, 2.05) is 0 Å². The summed E-state index contributed by atoms with van der Waals surface area (Å²) in [7, 11) is 0.